The second-order valence-corrected chi connectivity index (χ2v) is 11.6. The molecule has 2 atom stereocenters. The monoisotopic (exact) mass is 603 g/mol. The van der Waals surface area contributed by atoms with Gasteiger partial charge in [-0.25, -0.2) is 14.8 Å². The molecule has 2 aliphatic rings. The Morgan fingerprint density at radius 2 is 1.53 bits per heavy atom. The Labute approximate surface area is 265 Å². The number of allylic oxidation sites excluding steroid dienone is 4. The summed E-state index contributed by atoms with van der Waals surface area (Å²) in [5.41, 5.74) is 4.10. The fourth-order valence-electron chi connectivity index (χ4n) is 6.19. The molecule has 0 aromatic heterocycles. The zero-order valence-electron chi connectivity index (χ0n) is 26.0. The SMILES string of the molecule is C=C/C=C\C=C(/C)C[C@H]1C(=O)N(CC(c2ccccc2)c2ccccc2)C[C@H]2N1C(=O)CN(C)N2C(=O)NCc1ccccc1. The van der Waals surface area contributed by atoms with Crippen LogP contribution in [0.4, 0.5) is 4.79 Å². The highest BCUT2D eigenvalue weighted by Gasteiger charge is 2.51. The lowest BCUT2D eigenvalue weighted by molar-refractivity contribution is -0.187. The second kappa shape index (κ2) is 14.7. The minimum Gasteiger partial charge on any atom is -0.336 e. The summed E-state index contributed by atoms with van der Waals surface area (Å²) in [7, 11) is 1.75. The zero-order chi connectivity index (χ0) is 31.8. The van der Waals surface area contributed by atoms with Gasteiger partial charge in [0.15, 0.2) is 0 Å². The number of likely N-dealkylation sites (N-methyl/N-ethyl adjacent to an activating group) is 1. The van der Waals surface area contributed by atoms with Crippen molar-refractivity contribution in [3.8, 4) is 0 Å². The number of carbonyl (C=O) groups is 3. The topological polar surface area (TPSA) is 76.2 Å². The molecule has 2 saturated heterocycles. The molecule has 0 aliphatic carbocycles. The number of fused-ring (bicyclic) bond motifs is 1. The molecule has 5 rings (SSSR count). The molecule has 0 unspecified atom stereocenters. The Bertz CT molecular complexity index is 1500. The van der Waals surface area contributed by atoms with E-state index in [0.29, 0.717) is 19.5 Å². The first-order valence-corrected chi connectivity index (χ1v) is 15.3. The fourth-order valence-corrected chi connectivity index (χ4v) is 6.19. The summed E-state index contributed by atoms with van der Waals surface area (Å²) in [5.74, 6) is -0.385. The fraction of sp³-hybridized carbons (Fsp3) is 0.270. The van der Waals surface area contributed by atoms with Crippen LogP contribution in [0.5, 0.6) is 0 Å². The van der Waals surface area contributed by atoms with Gasteiger partial charge < -0.3 is 15.1 Å². The van der Waals surface area contributed by atoms with Gasteiger partial charge in [-0.05, 0) is 30.0 Å². The Morgan fingerprint density at radius 1 is 0.933 bits per heavy atom. The van der Waals surface area contributed by atoms with Gasteiger partial charge in [0.1, 0.15) is 12.2 Å². The molecule has 0 radical (unpaired) electrons. The number of amides is 4. The maximum atomic E-state index is 14.4. The Hall–Kier alpha value is -4.95. The number of hydrazine groups is 1. The maximum absolute atomic E-state index is 14.4. The standard InChI is InChI=1S/C37H41N5O3/c1-4-5-9-16-28(2)23-33-36(44)40(25-32(30-19-12-7-13-20-30)31-21-14-8-15-22-31)26-34-41(33)35(43)27-39(3)42(34)37(45)38-24-29-17-10-6-11-18-29/h4-22,32-34H,1,23-27H2,2-3H3,(H,38,45)/b9-5-,28-16+/t33-,34-/m0/s1. The molecule has 2 aliphatic heterocycles. The summed E-state index contributed by atoms with van der Waals surface area (Å²) in [6.45, 7) is 6.62. The summed E-state index contributed by atoms with van der Waals surface area (Å²) in [6, 6.07) is 28.9. The van der Waals surface area contributed by atoms with E-state index in [2.05, 4.69) is 36.2 Å². The lowest BCUT2D eigenvalue weighted by Gasteiger charge is -2.54. The van der Waals surface area contributed by atoms with E-state index < -0.39 is 12.2 Å². The molecule has 45 heavy (non-hydrogen) atoms. The Kier molecular flexibility index (Phi) is 10.3. The molecule has 0 spiro atoms. The van der Waals surface area contributed by atoms with Crippen molar-refractivity contribution in [2.24, 2.45) is 0 Å². The minimum atomic E-state index is -0.755. The number of urea groups is 1. The number of hydrogen-bond donors (Lipinski definition) is 1. The van der Waals surface area contributed by atoms with E-state index in [1.54, 1.807) is 28.0 Å². The van der Waals surface area contributed by atoms with Crippen LogP contribution in [0.15, 0.2) is 127 Å². The van der Waals surface area contributed by atoms with Crippen LogP contribution in [-0.2, 0) is 16.1 Å². The molecule has 232 valence electrons. The maximum Gasteiger partial charge on any atom is 0.334 e. The van der Waals surface area contributed by atoms with Gasteiger partial charge in [-0.15, -0.1) is 0 Å². The predicted octanol–water partition coefficient (Wildman–Crippen LogP) is 5.33. The van der Waals surface area contributed by atoms with E-state index in [-0.39, 0.29) is 36.9 Å². The van der Waals surface area contributed by atoms with Crippen molar-refractivity contribution in [3.63, 3.8) is 0 Å². The second-order valence-electron chi connectivity index (χ2n) is 11.6. The zero-order valence-corrected chi connectivity index (χ0v) is 26.0. The van der Waals surface area contributed by atoms with Crippen molar-refractivity contribution >= 4 is 17.8 Å². The molecule has 8 nitrogen and oxygen atoms in total. The molecule has 0 saturated carbocycles. The number of hydrogen-bond acceptors (Lipinski definition) is 4. The number of carbonyl (C=O) groups excluding carboxylic acids is 3. The van der Waals surface area contributed by atoms with Gasteiger partial charge in [-0.3, -0.25) is 9.59 Å². The van der Waals surface area contributed by atoms with Gasteiger partial charge >= 0.3 is 6.03 Å². The van der Waals surface area contributed by atoms with Crippen molar-refractivity contribution in [1.29, 1.82) is 0 Å². The van der Waals surface area contributed by atoms with Crippen molar-refractivity contribution in [2.45, 2.75) is 38.0 Å². The highest BCUT2D eigenvalue weighted by atomic mass is 16.2. The summed E-state index contributed by atoms with van der Waals surface area (Å²) < 4.78 is 0. The first-order chi connectivity index (χ1) is 21.9. The Morgan fingerprint density at radius 3 is 2.13 bits per heavy atom. The highest BCUT2D eigenvalue weighted by molar-refractivity contribution is 5.91. The molecule has 2 fully saturated rings. The number of nitrogens with one attached hydrogen (secondary N) is 1. The van der Waals surface area contributed by atoms with Crippen molar-refractivity contribution in [3.05, 3.63) is 144 Å². The van der Waals surface area contributed by atoms with E-state index in [1.807, 2.05) is 96.8 Å². The van der Waals surface area contributed by atoms with E-state index in [9.17, 15) is 14.4 Å². The summed E-state index contributed by atoms with van der Waals surface area (Å²) in [6.07, 6.45) is 7.01. The average Bonchev–Trinajstić information content (AvgIpc) is 3.05. The third kappa shape index (κ3) is 7.41. The third-order valence-electron chi connectivity index (χ3n) is 8.38. The van der Waals surface area contributed by atoms with Crippen LogP contribution in [0, 0.1) is 0 Å². The molecule has 8 heteroatoms. The van der Waals surface area contributed by atoms with E-state index in [4.69, 9.17) is 0 Å². The van der Waals surface area contributed by atoms with E-state index in [0.717, 1.165) is 22.3 Å². The van der Waals surface area contributed by atoms with Gasteiger partial charge in [0.2, 0.25) is 11.8 Å². The number of nitrogens with zero attached hydrogens (tertiary/aromatic N) is 4. The van der Waals surface area contributed by atoms with Gasteiger partial charge in [0, 0.05) is 26.1 Å². The van der Waals surface area contributed by atoms with Crippen LogP contribution in [0.1, 0.15) is 36.0 Å². The van der Waals surface area contributed by atoms with Crippen molar-refractivity contribution in [1.82, 2.24) is 25.1 Å². The van der Waals surface area contributed by atoms with Crippen LogP contribution in [0.2, 0.25) is 0 Å². The molecule has 3 aromatic carbocycles. The van der Waals surface area contributed by atoms with Gasteiger partial charge in [-0.1, -0.05) is 127 Å². The average molecular weight is 604 g/mol. The van der Waals surface area contributed by atoms with Crippen LogP contribution in [0.3, 0.4) is 0 Å². The van der Waals surface area contributed by atoms with Gasteiger partial charge in [0.05, 0.1) is 13.1 Å². The summed E-state index contributed by atoms with van der Waals surface area (Å²) >= 11 is 0. The first-order valence-electron chi connectivity index (χ1n) is 15.3. The summed E-state index contributed by atoms with van der Waals surface area (Å²) in [5, 5.41) is 6.30. The number of piperazine rings is 1. The van der Waals surface area contributed by atoms with Crippen LogP contribution >= 0.6 is 0 Å². The molecule has 4 amide bonds. The number of rotatable bonds is 10. The van der Waals surface area contributed by atoms with E-state index >= 15 is 0 Å². The first kappa shape index (κ1) is 31.5. The molecule has 2 heterocycles. The highest BCUT2D eigenvalue weighted by Crippen LogP contribution is 2.32. The molecule has 3 aromatic rings. The summed E-state index contributed by atoms with van der Waals surface area (Å²) in [4.78, 5) is 45.3. The quantitative estimate of drug-likeness (QED) is 0.318. The smallest absolute Gasteiger partial charge is 0.334 e. The minimum absolute atomic E-state index is 0.00514. The molecule has 0 bridgehead atoms. The van der Waals surface area contributed by atoms with Crippen LogP contribution in [0.25, 0.3) is 0 Å². The van der Waals surface area contributed by atoms with Gasteiger partial charge in [-0.2, -0.15) is 0 Å². The van der Waals surface area contributed by atoms with Crippen molar-refractivity contribution < 1.29 is 14.4 Å². The molecule has 1 N–H and O–H groups in total. The lowest BCUT2D eigenvalue weighted by atomic mass is 9.89. The van der Waals surface area contributed by atoms with Crippen LogP contribution in [-0.4, -0.2) is 76.6 Å². The largest absolute Gasteiger partial charge is 0.336 e. The predicted molar refractivity (Wildman–Crippen MR) is 177 cm³/mol. The third-order valence-corrected chi connectivity index (χ3v) is 8.38. The number of benzene rings is 3. The van der Waals surface area contributed by atoms with Crippen LogP contribution < -0.4 is 5.32 Å². The van der Waals surface area contributed by atoms with Gasteiger partial charge in [0.25, 0.3) is 0 Å². The lowest BCUT2D eigenvalue weighted by Crippen LogP contribution is -2.76. The molecular weight excluding hydrogens is 562 g/mol. The Balaban J connectivity index is 1.50. The molecular formula is C37H41N5O3. The van der Waals surface area contributed by atoms with Crippen molar-refractivity contribution in [2.75, 3.05) is 26.7 Å². The van der Waals surface area contributed by atoms with E-state index in [1.165, 1.54) is 0 Å². The normalized spacial score (nSPS) is 19.3.